The lowest BCUT2D eigenvalue weighted by molar-refractivity contribution is -0.134. The molecule has 6 nitrogen and oxygen atoms in total. The maximum atomic E-state index is 13.0. The van der Waals surface area contributed by atoms with Crippen molar-refractivity contribution >= 4 is 17.8 Å². The number of fused-ring (bicyclic) bond motifs is 1. The van der Waals surface area contributed by atoms with Crippen molar-refractivity contribution in [2.24, 2.45) is 0 Å². The summed E-state index contributed by atoms with van der Waals surface area (Å²) in [4.78, 5) is 41.0. The van der Waals surface area contributed by atoms with E-state index in [-0.39, 0.29) is 24.4 Å². The second kappa shape index (κ2) is 6.63. The molecule has 2 fully saturated rings. The Morgan fingerprint density at radius 2 is 1.65 bits per heavy atom. The molecule has 2 atom stereocenters. The van der Waals surface area contributed by atoms with Crippen LogP contribution in [0.5, 0.6) is 0 Å². The molecule has 4 rings (SSSR count). The maximum absolute atomic E-state index is 13.0. The average Bonchev–Trinajstić information content (AvgIpc) is 3.10. The quantitative estimate of drug-likeness (QED) is 0.922. The second-order valence-electron chi connectivity index (χ2n) is 6.56. The van der Waals surface area contributed by atoms with Crippen LogP contribution in [0.25, 0.3) is 0 Å². The van der Waals surface area contributed by atoms with Crippen LogP contribution in [-0.4, -0.2) is 46.3 Å². The van der Waals surface area contributed by atoms with E-state index in [2.05, 4.69) is 5.32 Å². The fraction of sp³-hybridized carbons (Fsp3) is 0.250. The van der Waals surface area contributed by atoms with Gasteiger partial charge in [-0.15, -0.1) is 0 Å². The van der Waals surface area contributed by atoms with Gasteiger partial charge >= 0.3 is 6.03 Å². The summed E-state index contributed by atoms with van der Waals surface area (Å²) in [6.07, 6.45) is 0.583. The van der Waals surface area contributed by atoms with Crippen LogP contribution in [0.4, 0.5) is 4.79 Å². The largest absolute Gasteiger partial charge is 0.332 e. The van der Waals surface area contributed by atoms with Crippen LogP contribution in [0, 0.1) is 0 Å². The number of hydrogen-bond donors (Lipinski definition) is 1. The number of urea groups is 1. The smallest absolute Gasteiger partial charge is 0.324 e. The predicted octanol–water partition coefficient (Wildman–Crippen LogP) is 2.02. The van der Waals surface area contributed by atoms with Gasteiger partial charge < -0.3 is 10.2 Å². The van der Waals surface area contributed by atoms with E-state index >= 15 is 0 Å². The Labute approximate surface area is 151 Å². The Kier molecular flexibility index (Phi) is 4.16. The molecule has 1 N–H and O–H groups in total. The van der Waals surface area contributed by atoms with E-state index in [4.69, 9.17) is 0 Å². The SMILES string of the molecule is O=C1NC2CCN(C(=O)c3ccccc3)C2C(=O)N1Cc1ccccc1. The summed E-state index contributed by atoms with van der Waals surface area (Å²) in [5.74, 6) is -0.494. The first-order valence-corrected chi connectivity index (χ1v) is 8.67. The number of amides is 4. The zero-order valence-corrected chi connectivity index (χ0v) is 14.2. The van der Waals surface area contributed by atoms with Crippen LogP contribution in [0.1, 0.15) is 22.3 Å². The molecule has 26 heavy (non-hydrogen) atoms. The topological polar surface area (TPSA) is 69.7 Å². The monoisotopic (exact) mass is 349 g/mol. The second-order valence-corrected chi connectivity index (χ2v) is 6.56. The third kappa shape index (κ3) is 2.83. The minimum atomic E-state index is -0.649. The van der Waals surface area contributed by atoms with E-state index in [1.165, 1.54) is 4.90 Å². The molecule has 0 aliphatic carbocycles. The van der Waals surface area contributed by atoms with Crippen molar-refractivity contribution in [1.82, 2.24) is 15.1 Å². The van der Waals surface area contributed by atoms with Crippen molar-refractivity contribution in [3.63, 3.8) is 0 Å². The molecule has 2 heterocycles. The lowest BCUT2D eigenvalue weighted by atomic mass is 10.0. The van der Waals surface area contributed by atoms with E-state index < -0.39 is 12.1 Å². The Bertz CT molecular complexity index is 838. The van der Waals surface area contributed by atoms with Crippen molar-refractivity contribution in [3.05, 3.63) is 71.8 Å². The van der Waals surface area contributed by atoms with Gasteiger partial charge in [0.2, 0.25) is 0 Å². The van der Waals surface area contributed by atoms with Gasteiger partial charge in [0, 0.05) is 12.1 Å². The minimum Gasteiger partial charge on any atom is -0.332 e. The van der Waals surface area contributed by atoms with Crippen molar-refractivity contribution in [2.75, 3.05) is 6.54 Å². The van der Waals surface area contributed by atoms with Crippen molar-refractivity contribution in [2.45, 2.75) is 25.0 Å². The standard InChI is InChI=1S/C20H19N3O3/c24-18(15-9-5-2-6-10-15)22-12-11-16-17(22)19(25)23(20(26)21-16)13-14-7-3-1-4-8-14/h1-10,16-17H,11-13H2,(H,21,26). The highest BCUT2D eigenvalue weighted by Gasteiger charge is 2.49. The molecule has 0 aromatic heterocycles. The molecule has 2 unspecified atom stereocenters. The van der Waals surface area contributed by atoms with Gasteiger partial charge in [0.1, 0.15) is 6.04 Å². The zero-order valence-electron chi connectivity index (χ0n) is 14.2. The first-order valence-electron chi connectivity index (χ1n) is 8.67. The molecule has 132 valence electrons. The zero-order chi connectivity index (χ0) is 18.1. The fourth-order valence-corrected chi connectivity index (χ4v) is 3.64. The summed E-state index contributed by atoms with van der Waals surface area (Å²) in [5, 5.41) is 2.89. The van der Waals surface area contributed by atoms with E-state index in [9.17, 15) is 14.4 Å². The number of rotatable bonds is 3. The molecule has 0 radical (unpaired) electrons. The number of hydrogen-bond acceptors (Lipinski definition) is 3. The number of likely N-dealkylation sites (tertiary alicyclic amines) is 1. The van der Waals surface area contributed by atoms with E-state index in [1.807, 2.05) is 36.4 Å². The highest BCUT2D eigenvalue weighted by atomic mass is 16.2. The van der Waals surface area contributed by atoms with E-state index in [0.29, 0.717) is 18.5 Å². The molecule has 2 aliphatic heterocycles. The summed E-state index contributed by atoms with van der Waals surface area (Å²) in [5.41, 5.74) is 1.42. The fourth-order valence-electron chi connectivity index (χ4n) is 3.64. The first kappa shape index (κ1) is 16.3. The first-order chi connectivity index (χ1) is 12.6. The number of nitrogens with zero attached hydrogens (tertiary/aromatic N) is 2. The van der Waals surface area contributed by atoms with Crippen LogP contribution in [0.3, 0.4) is 0 Å². The number of benzene rings is 2. The molecule has 2 aromatic rings. The number of nitrogens with one attached hydrogen (secondary N) is 1. The van der Waals surface area contributed by atoms with Crippen LogP contribution in [-0.2, 0) is 11.3 Å². The van der Waals surface area contributed by atoms with Gasteiger partial charge in [-0.25, -0.2) is 4.79 Å². The summed E-state index contributed by atoms with van der Waals surface area (Å²) in [6.45, 7) is 0.649. The number of carbonyl (C=O) groups excluding carboxylic acids is 3. The van der Waals surface area contributed by atoms with Gasteiger partial charge in [-0.2, -0.15) is 0 Å². The highest BCUT2D eigenvalue weighted by molar-refractivity contribution is 6.04. The summed E-state index contributed by atoms with van der Waals surface area (Å²) >= 11 is 0. The van der Waals surface area contributed by atoms with Gasteiger partial charge in [-0.3, -0.25) is 14.5 Å². The van der Waals surface area contributed by atoms with Gasteiger partial charge in [0.25, 0.3) is 11.8 Å². The maximum Gasteiger partial charge on any atom is 0.324 e. The Balaban J connectivity index is 1.58. The number of carbonyl (C=O) groups is 3. The van der Waals surface area contributed by atoms with Crippen LogP contribution in [0.15, 0.2) is 60.7 Å². The van der Waals surface area contributed by atoms with Crippen LogP contribution < -0.4 is 5.32 Å². The summed E-state index contributed by atoms with van der Waals surface area (Å²) < 4.78 is 0. The molecule has 0 saturated carbocycles. The Morgan fingerprint density at radius 3 is 2.35 bits per heavy atom. The van der Waals surface area contributed by atoms with Gasteiger partial charge in [0.05, 0.1) is 12.6 Å². The third-order valence-electron chi connectivity index (χ3n) is 4.94. The lowest BCUT2D eigenvalue weighted by Crippen LogP contribution is -2.64. The van der Waals surface area contributed by atoms with Crippen LogP contribution in [0.2, 0.25) is 0 Å². The lowest BCUT2D eigenvalue weighted by Gasteiger charge is -2.37. The molecule has 0 spiro atoms. The van der Waals surface area contributed by atoms with Gasteiger partial charge in [0.15, 0.2) is 0 Å². The Morgan fingerprint density at radius 1 is 1.00 bits per heavy atom. The van der Waals surface area contributed by atoms with Crippen molar-refractivity contribution in [3.8, 4) is 0 Å². The molecule has 0 bridgehead atoms. The van der Waals surface area contributed by atoms with Crippen molar-refractivity contribution in [1.29, 1.82) is 0 Å². The molecular weight excluding hydrogens is 330 g/mol. The van der Waals surface area contributed by atoms with Gasteiger partial charge in [-0.1, -0.05) is 48.5 Å². The predicted molar refractivity (Wildman–Crippen MR) is 95.2 cm³/mol. The summed E-state index contributed by atoms with van der Waals surface area (Å²) in [7, 11) is 0. The molecule has 6 heteroatoms. The van der Waals surface area contributed by atoms with Crippen LogP contribution >= 0.6 is 0 Å². The van der Waals surface area contributed by atoms with Gasteiger partial charge in [-0.05, 0) is 24.1 Å². The normalized spacial score (nSPS) is 22.2. The molecule has 2 aromatic carbocycles. The third-order valence-corrected chi connectivity index (χ3v) is 4.94. The molecular formula is C20H19N3O3. The average molecular weight is 349 g/mol. The minimum absolute atomic E-state index is 0.178. The summed E-state index contributed by atoms with van der Waals surface area (Å²) in [6, 6.07) is 16.9. The van der Waals surface area contributed by atoms with E-state index in [0.717, 1.165) is 5.56 Å². The van der Waals surface area contributed by atoms with Crippen molar-refractivity contribution < 1.29 is 14.4 Å². The molecule has 2 aliphatic rings. The highest BCUT2D eigenvalue weighted by Crippen LogP contribution is 2.26. The molecule has 4 amide bonds. The molecule has 2 saturated heterocycles. The Hall–Kier alpha value is -3.15. The number of imide groups is 1. The van der Waals surface area contributed by atoms with E-state index in [1.54, 1.807) is 29.2 Å².